The second-order valence-corrected chi connectivity index (χ2v) is 6.81. The number of hydrogen-bond acceptors (Lipinski definition) is 3. The summed E-state index contributed by atoms with van der Waals surface area (Å²) < 4.78 is 0. The van der Waals surface area contributed by atoms with E-state index in [1.165, 1.54) is 11.1 Å². The van der Waals surface area contributed by atoms with E-state index in [0.29, 0.717) is 0 Å². The first-order valence-corrected chi connectivity index (χ1v) is 6.95. The zero-order valence-electron chi connectivity index (χ0n) is 11.7. The summed E-state index contributed by atoms with van der Waals surface area (Å²) in [6.07, 6.45) is 0. The minimum atomic E-state index is 0.0524. The third-order valence-electron chi connectivity index (χ3n) is 3.08. The Morgan fingerprint density at radius 1 is 1.11 bits per heavy atom. The SMILES string of the molecule is Cc1ccc(-c2nc(C(C)(C)C)sc2N)cc1C. The fourth-order valence-corrected chi connectivity index (χ4v) is 2.66. The zero-order chi connectivity index (χ0) is 13.5. The number of nitrogens with zero attached hydrogens (tertiary/aromatic N) is 1. The Kier molecular flexibility index (Phi) is 3.20. The van der Waals surface area contributed by atoms with E-state index < -0.39 is 0 Å². The van der Waals surface area contributed by atoms with Crippen LogP contribution < -0.4 is 5.73 Å². The molecule has 0 aliphatic heterocycles. The smallest absolute Gasteiger partial charge is 0.114 e. The summed E-state index contributed by atoms with van der Waals surface area (Å²) in [6, 6.07) is 6.38. The number of hydrogen-bond donors (Lipinski definition) is 1. The molecule has 3 heteroatoms. The monoisotopic (exact) mass is 260 g/mol. The van der Waals surface area contributed by atoms with Gasteiger partial charge in [0, 0.05) is 11.0 Å². The van der Waals surface area contributed by atoms with Crippen LogP contribution in [0.15, 0.2) is 18.2 Å². The van der Waals surface area contributed by atoms with Crippen molar-refractivity contribution >= 4 is 16.3 Å². The number of rotatable bonds is 1. The van der Waals surface area contributed by atoms with E-state index in [9.17, 15) is 0 Å². The Hall–Kier alpha value is -1.35. The van der Waals surface area contributed by atoms with Crippen molar-refractivity contribution in [3.8, 4) is 11.3 Å². The Labute approximate surface area is 113 Å². The molecule has 0 saturated carbocycles. The first-order valence-electron chi connectivity index (χ1n) is 6.13. The van der Waals surface area contributed by atoms with E-state index in [4.69, 9.17) is 10.7 Å². The highest BCUT2D eigenvalue weighted by Crippen LogP contribution is 2.36. The van der Waals surface area contributed by atoms with Gasteiger partial charge in [0.15, 0.2) is 0 Å². The summed E-state index contributed by atoms with van der Waals surface area (Å²) in [5, 5.41) is 1.90. The lowest BCUT2D eigenvalue weighted by atomic mass is 9.98. The maximum atomic E-state index is 6.11. The molecule has 0 spiro atoms. The van der Waals surface area contributed by atoms with Crippen molar-refractivity contribution in [2.45, 2.75) is 40.0 Å². The summed E-state index contributed by atoms with van der Waals surface area (Å²) in [4.78, 5) is 4.72. The van der Waals surface area contributed by atoms with Gasteiger partial charge >= 0.3 is 0 Å². The number of aromatic nitrogens is 1. The number of nitrogens with two attached hydrogens (primary N) is 1. The molecular formula is C15H20N2S. The molecule has 0 unspecified atom stereocenters. The first-order chi connectivity index (χ1) is 8.29. The summed E-state index contributed by atoms with van der Waals surface area (Å²) in [6.45, 7) is 10.7. The lowest BCUT2D eigenvalue weighted by molar-refractivity contribution is 0.586. The fraction of sp³-hybridized carbons (Fsp3) is 0.400. The number of thiazole rings is 1. The lowest BCUT2D eigenvalue weighted by Gasteiger charge is -2.13. The third kappa shape index (κ3) is 2.41. The van der Waals surface area contributed by atoms with E-state index in [-0.39, 0.29) is 5.41 Å². The van der Waals surface area contributed by atoms with Crippen LogP contribution in [0.25, 0.3) is 11.3 Å². The van der Waals surface area contributed by atoms with Crippen molar-refractivity contribution in [3.05, 3.63) is 34.3 Å². The summed E-state index contributed by atoms with van der Waals surface area (Å²) in [5.74, 6) is 0. The highest BCUT2D eigenvalue weighted by Gasteiger charge is 2.21. The molecule has 2 N–H and O–H groups in total. The molecule has 1 aromatic carbocycles. The van der Waals surface area contributed by atoms with Crippen molar-refractivity contribution < 1.29 is 0 Å². The van der Waals surface area contributed by atoms with Gasteiger partial charge in [-0.25, -0.2) is 4.98 Å². The Balaban J connectivity index is 2.51. The van der Waals surface area contributed by atoms with Crippen LogP contribution in [-0.2, 0) is 5.41 Å². The van der Waals surface area contributed by atoms with Crippen molar-refractivity contribution in [1.82, 2.24) is 4.98 Å². The van der Waals surface area contributed by atoms with Gasteiger partial charge in [-0.1, -0.05) is 32.9 Å². The van der Waals surface area contributed by atoms with Crippen LogP contribution in [0.2, 0.25) is 0 Å². The zero-order valence-corrected chi connectivity index (χ0v) is 12.5. The molecule has 0 aliphatic carbocycles. The number of aryl methyl sites for hydroxylation is 2. The van der Waals surface area contributed by atoms with Crippen molar-refractivity contribution in [3.63, 3.8) is 0 Å². The van der Waals surface area contributed by atoms with Crippen molar-refractivity contribution in [2.24, 2.45) is 0 Å². The number of benzene rings is 1. The van der Waals surface area contributed by atoms with Crippen LogP contribution in [0.5, 0.6) is 0 Å². The van der Waals surface area contributed by atoms with Gasteiger partial charge in [-0.05, 0) is 31.0 Å². The van der Waals surface area contributed by atoms with Gasteiger partial charge in [0.05, 0.1) is 0 Å². The minimum absolute atomic E-state index is 0.0524. The Morgan fingerprint density at radius 2 is 1.78 bits per heavy atom. The van der Waals surface area contributed by atoms with Crippen LogP contribution in [-0.4, -0.2) is 4.98 Å². The molecule has 2 rings (SSSR count). The van der Waals surface area contributed by atoms with Gasteiger partial charge in [0.2, 0.25) is 0 Å². The average molecular weight is 260 g/mol. The standard InChI is InChI=1S/C15H20N2S/c1-9-6-7-11(8-10(9)2)12-13(16)18-14(17-12)15(3,4)5/h6-8H,16H2,1-5H3. The summed E-state index contributed by atoms with van der Waals surface area (Å²) >= 11 is 1.59. The van der Waals surface area contributed by atoms with Crippen LogP contribution in [0, 0.1) is 13.8 Å². The molecular weight excluding hydrogens is 240 g/mol. The van der Waals surface area contributed by atoms with Crippen molar-refractivity contribution in [2.75, 3.05) is 5.73 Å². The Bertz CT molecular complexity index is 577. The van der Waals surface area contributed by atoms with Crippen LogP contribution in [0.1, 0.15) is 36.9 Å². The molecule has 0 atom stereocenters. The largest absolute Gasteiger partial charge is 0.389 e. The highest BCUT2D eigenvalue weighted by molar-refractivity contribution is 7.16. The van der Waals surface area contributed by atoms with E-state index in [2.05, 4.69) is 52.8 Å². The number of nitrogen functional groups attached to an aromatic ring is 1. The van der Waals surface area contributed by atoms with Gasteiger partial charge in [0.1, 0.15) is 15.7 Å². The third-order valence-corrected chi connectivity index (χ3v) is 4.39. The molecule has 18 heavy (non-hydrogen) atoms. The normalized spacial score (nSPS) is 11.8. The molecule has 0 saturated heterocycles. The molecule has 0 radical (unpaired) electrons. The van der Waals surface area contributed by atoms with E-state index in [1.807, 2.05) is 0 Å². The number of anilines is 1. The molecule has 2 aromatic rings. The molecule has 1 heterocycles. The van der Waals surface area contributed by atoms with Gasteiger partial charge in [-0.15, -0.1) is 11.3 Å². The van der Waals surface area contributed by atoms with Gasteiger partial charge in [0.25, 0.3) is 0 Å². The molecule has 0 amide bonds. The molecule has 1 aromatic heterocycles. The van der Waals surface area contributed by atoms with Crippen LogP contribution >= 0.6 is 11.3 Å². The van der Waals surface area contributed by atoms with E-state index in [1.54, 1.807) is 11.3 Å². The predicted octanol–water partition coefficient (Wildman–Crippen LogP) is 4.31. The summed E-state index contributed by atoms with van der Waals surface area (Å²) in [7, 11) is 0. The van der Waals surface area contributed by atoms with Crippen LogP contribution in [0.4, 0.5) is 5.00 Å². The average Bonchev–Trinajstić information content (AvgIpc) is 2.64. The van der Waals surface area contributed by atoms with Gasteiger partial charge < -0.3 is 5.73 Å². The van der Waals surface area contributed by atoms with E-state index >= 15 is 0 Å². The quantitative estimate of drug-likeness (QED) is 0.830. The predicted molar refractivity (Wildman–Crippen MR) is 80.1 cm³/mol. The maximum absolute atomic E-state index is 6.11. The minimum Gasteiger partial charge on any atom is -0.389 e. The van der Waals surface area contributed by atoms with Crippen LogP contribution in [0.3, 0.4) is 0 Å². The van der Waals surface area contributed by atoms with Crippen molar-refractivity contribution in [1.29, 1.82) is 0 Å². The molecule has 2 nitrogen and oxygen atoms in total. The van der Waals surface area contributed by atoms with Gasteiger partial charge in [-0.3, -0.25) is 0 Å². The topological polar surface area (TPSA) is 38.9 Å². The van der Waals surface area contributed by atoms with Gasteiger partial charge in [-0.2, -0.15) is 0 Å². The lowest BCUT2D eigenvalue weighted by Crippen LogP contribution is -2.10. The fourth-order valence-electron chi connectivity index (χ4n) is 1.75. The maximum Gasteiger partial charge on any atom is 0.114 e. The summed E-state index contributed by atoms with van der Waals surface area (Å²) in [5.41, 5.74) is 10.8. The molecule has 0 fully saturated rings. The second kappa shape index (κ2) is 4.39. The highest BCUT2D eigenvalue weighted by atomic mass is 32.1. The van der Waals surface area contributed by atoms with E-state index in [0.717, 1.165) is 21.3 Å². The second-order valence-electron chi connectivity index (χ2n) is 5.78. The Morgan fingerprint density at radius 3 is 2.28 bits per heavy atom. The first kappa shape index (κ1) is 13.1. The molecule has 0 bridgehead atoms. The molecule has 0 aliphatic rings. The molecule has 96 valence electrons.